The summed E-state index contributed by atoms with van der Waals surface area (Å²) in [7, 11) is 0. The molecule has 0 atom stereocenters. The molecule has 0 fully saturated rings. The van der Waals surface area contributed by atoms with Crippen LogP contribution in [-0.4, -0.2) is 16.5 Å². The number of benzene rings is 1. The summed E-state index contributed by atoms with van der Waals surface area (Å²) in [6, 6.07) is 6.22. The molecule has 0 unspecified atom stereocenters. The van der Waals surface area contributed by atoms with Gasteiger partial charge in [-0.1, -0.05) is 6.07 Å². The first-order valence-electron chi connectivity index (χ1n) is 5.39. The molecule has 0 saturated heterocycles. The molecule has 0 bridgehead atoms. The predicted octanol–water partition coefficient (Wildman–Crippen LogP) is 2.67. The fraction of sp³-hybridized carbons (Fsp3) is 0.167. The Morgan fingerprint density at radius 3 is 2.94 bits per heavy atom. The number of halogens is 2. The number of nitrogens with zero attached hydrogens (tertiary/aromatic N) is 2. The molecule has 94 valence electrons. The fourth-order valence-corrected chi connectivity index (χ4v) is 2.25. The van der Waals surface area contributed by atoms with Gasteiger partial charge < -0.3 is 9.88 Å². The van der Waals surface area contributed by atoms with Crippen molar-refractivity contribution < 1.29 is 4.39 Å². The summed E-state index contributed by atoms with van der Waals surface area (Å²) >= 11 is 1.94. The Labute approximate surface area is 117 Å². The minimum atomic E-state index is -0.314. The molecule has 0 aliphatic carbocycles. The third-order valence-corrected chi connectivity index (χ3v) is 3.44. The van der Waals surface area contributed by atoms with E-state index in [1.165, 1.54) is 18.5 Å². The van der Waals surface area contributed by atoms with E-state index in [1.54, 1.807) is 17.0 Å². The van der Waals surface area contributed by atoms with Gasteiger partial charge in [0.05, 0.1) is 6.33 Å². The molecule has 0 aliphatic heterocycles. The van der Waals surface area contributed by atoms with Gasteiger partial charge in [-0.2, -0.15) is 0 Å². The van der Waals surface area contributed by atoms with Crippen LogP contribution in [0.4, 0.5) is 15.9 Å². The van der Waals surface area contributed by atoms with E-state index >= 15 is 0 Å². The SMILES string of the molecule is CCN(c1cccc(F)c1)c1nc[nH]c(=O)c1I. The molecule has 4 nitrogen and oxygen atoms in total. The van der Waals surface area contributed by atoms with Gasteiger partial charge in [-0.25, -0.2) is 9.37 Å². The Morgan fingerprint density at radius 2 is 2.28 bits per heavy atom. The zero-order valence-corrected chi connectivity index (χ0v) is 11.8. The van der Waals surface area contributed by atoms with Crippen molar-refractivity contribution in [2.45, 2.75) is 6.92 Å². The Kier molecular flexibility index (Phi) is 3.95. The van der Waals surface area contributed by atoms with Crippen LogP contribution in [0.5, 0.6) is 0 Å². The zero-order valence-electron chi connectivity index (χ0n) is 9.65. The second kappa shape index (κ2) is 5.47. The van der Waals surface area contributed by atoms with Crippen LogP contribution >= 0.6 is 22.6 Å². The highest BCUT2D eigenvalue weighted by molar-refractivity contribution is 14.1. The summed E-state index contributed by atoms with van der Waals surface area (Å²) < 4.78 is 13.7. The molecule has 0 saturated carbocycles. The zero-order chi connectivity index (χ0) is 13.1. The highest BCUT2D eigenvalue weighted by Gasteiger charge is 2.14. The van der Waals surface area contributed by atoms with Crippen LogP contribution in [0.2, 0.25) is 0 Å². The Balaban J connectivity index is 2.52. The highest BCUT2D eigenvalue weighted by atomic mass is 127. The molecule has 0 spiro atoms. The quantitative estimate of drug-likeness (QED) is 0.858. The van der Waals surface area contributed by atoms with Gasteiger partial charge in [-0.15, -0.1) is 0 Å². The molecule has 2 rings (SSSR count). The molecule has 1 N–H and O–H groups in total. The maximum Gasteiger partial charge on any atom is 0.266 e. The lowest BCUT2D eigenvalue weighted by Gasteiger charge is -2.22. The van der Waals surface area contributed by atoms with E-state index in [4.69, 9.17) is 0 Å². The van der Waals surface area contributed by atoms with Crippen LogP contribution in [0.1, 0.15) is 6.92 Å². The number of nitrogens with one attached hydrogen (secondary N) is 1. The van der Waals surface area contributed by atoms with Crippen LogP contribution < -0.4 is 10.5 Å². The molecule has 0 amide bonds. The molecule has 1 heterocycles. The Bertz CT molecular complexity index is 614. The molecule has 6 heteroatoms. The molecule has 0 radical (unpaired) electrons. The normalized spacial score (nSPS) is 10.4. The topological polar surface area (TPSA) is 49.0 Å². The standard InChI is InChI=1S/C12H11FIN3O/c1-2-17(9-5-3-4-8(13)6-9)11-10(14)12(18)16-7-15-11/h3-7H,2H2,1H3,(H,15,16,18). The van der Waals surface area contributed by atoms with Gasteiger partial charge in [-0.05, 0) is 47.7 Å². The van der Waals surface area contributed by atoms with E-state index in [9.17, 15) is 9.18 Å². The lowest BCUT2D eigenvalue weighted by atomic mass is 10.2. The van der Waals surface area contributed by atoms with Gasteiger partial charge in [0.2, 0.25) is 0 Å². The average molecular weight is 359 g/mol. The Hall–Kier alpha value is -1.44. The van der Waals surface area contributed by atoms with Crippen molar-refractivity contribution in [2.24, 2.45) is 0 Å². The number of aromatic amines is 1. The van der Waals surface area contributed by atoms with Gasteiger partial charge in [0.15, 0.2) is 5.82 Å². The molecular weight excluding hydrogens is 348 g/mol. The fourth-order valence-electron chi connectivity index (χ4n) is 1.66. The van der Waals surface area contributed by atoms with Gasteiger partial charge in [-0.3, -0.25) is 4.79 Å². The first kappa shape index (κ1) is 13.0. The third kappa shape index (κ3) is 2.53. The minimum absolute atomic E-state index is 0.199. The first-order valence-corrected chi connectivity index (χ1v) is 6.47. The van der Waals surface area contributed by atoms with Crippen molar-refractivity contribution in [3.05, 3.63) is 50.3 Å². The van der Waals surface area contributed by atoms with Crippen molar-refractivity contribution in [3.63, 3.8) is 0 Å². The first-order chi connectivity index (χ1) is 8.63. The number of anilines is 2. The van der Waals surface area contributed by atoms with Crippen LogP contribution in [-0.2, 0) is 0 Å². The highest BCUT2D eigenvalue weighted by Crippen LogP contribution is 2.25. The van der Waals surface area contributed by atoms with Gasteiger partial charge >= 0.3 is 0 Å². The Morgan fingerprint density at radius 1 is 1.50 bits per heavy atom. The molecule has 0 aliphatic rings. The molecular formula is C12H11FIN3O. The van der Waals surface area contributed by atoms with Gasteiger partial charge in [0, 0.05) is 12.2 Å². The third-order valence-electron chi connectivity index (χ3n) is 2.47. The monoisotopic (exact) mass is 359 g/mol. The summed E-state index contributed by atoms with van der Waals surface area (Å²) in [5, 5.41) is 0. The number of hydrogen-bond acceptors (Lipinski definition) is 3. The number of rotatable bonds is 3. The molecule has 18 heavy (non-hydrogen) atoms. The van der Waals surface area contributed by atoms with E-state index in [1.807, 2.05) is 29.5 Å². The van der Waals surface area contributed by atoms with Gasteiger partial charge in [0.1, 0.15) is 9.39 Å². The summed E-state index contributed by atoms with van der Waals surface area (Å²) in [5.74, 6) is 0.221. The van der Waals surface area contributed by atoms with E-state index in [0.717, 1.165) is 0 Å². The van der Waals surface area contributed by atoms with Crippen molar-refractivity contribution in [1.29, 1.82) is 0 Å². The maximum atomic E-state index is 13.2. The average Bonchev–Trinajstić information content (AvgIpc) is 2.35. The lowest BCUT2D eigenvalue weighted by Crippen LogP contribution is -2.23. The lowest BCUT2D eigenvalue weighted by molar-refractivity contribution is 0.627. The summed E-state index contributed by atoms with van der Waals surface area (Å²) in [4.78, 5) is 20.0. The van der Waals surface area contributed by atoms with Crippen molar-refractivity contribution >= 4 is 34.1 Å². The second-order valence-corrected chi connectivity index (χ2v) is 4.67. The van der Waals surface area contributed by atoms with Crippen LogP contribution in [0.15, 0.2) is 35.4 Å². The van der Waals surface area contributed by atoms with Crippen LogP contribution in [0.3, 0.4) is 0 Å². The largest absolute Gasteiger partial charge is 0.325 e. The number of hydrogen-bond donors (Lipinski definition) is 1. The van der Waals surface area contributed by atoms with E-state index in [0.29, 0.717) is 21.6 Å². The van der Waals surface area contributed by atoms with E-state index in [-0.39, 0.29) is 11.4 Å². The van der Waals surface area contributed by atoms with E-state index in [2.05, 4.69) is 9.97 Å². The maximum absolute atomic E-state index is 13.2. The number of aromatic nitrogens is 2. The minimum Gasteiger partial charge on any atom is -0.325 e. The van der Waals surface area contributed by atoms with Crippen molar-refractivity contribution in [2.75, 3.05) is 11.4 Å². The summed E-state index contributed by atoms with van der Waals surface area (Å²) in [6.45, 7) is 2.51. The molecule has 1 aromatic heterocycles. The molecule has 2 aromatic rings. The van der Waals surface area contributed by atoms with Crippen LogP contribution in [0.25, 0.3) is 0 Å². The van der Waals surface area contributed by atoms with Gasteiger partial charge in [0.25, 0.3) is 5.56 Å². The summed E-state index contributed by atoms with van der Waals surface area (Å²) in [6.07, 6.45) is 1.35. The van der Waals surface area contributed by atoms with E-state index < -0.39 is 0 Å². The van der Waals surface area contributed by atoms with Crippen molar-refractivity contribution in [3.8, 4) is 0 Å². The second-order valence-electron chi connectivity index (χ2n) is 3.59. The van der Waals surface area contributed by atoms with Crippen LogP contribution in [0, 0.1) is 9.39 Å². The van der Waals surface area contributed by atoms with Crippen molar-refractivity contribution in [1.82, 2.24) is 9.97 Å². The molecule has 1 aromatic carbocycles. The smallest absolute Gasteiger partial charge is 0.266 e. The number of H-pyrrole nitrogens is 1. The summed E-state index contributed by atoms with van der Waals surface area (Å²) in [5.41, 5.74) is 0.476. The predicted molar refractivity (Wildman–Crippen MR) is 76.7 cm³/mol.